The maximum atomic E-state index is 12.2. The summed E-state index contributed by atoms with van der Waals surface area (Å²) in [5.41, 5.74) is 1.38. The molecule has 2 rings (SSSR count). The van der Waals surface area contributed by atoms with Crippen LogP contribution in [0.4, 0.5) is 11.4 Å². The third-order valence-electron chi connectivity index (χ3n) is 2.88. The molecule has 0 fully saturated rings. The van der Waals surface area contributed by atoms with Crippen molar-refractivity contribution in [1.82, 2.24) is 0 Å². The van der Waals surface area contributed by atoms with E-state index < -0.39 is 10.0 Å². The van der Waals surface area contributed by atoms with Gasteiger partial charge in [-0.15, -0.1) is 0 Å². The molecule has 0 spiro atoms. The molecule has 0 atom stereocenters. The van der Waals surface area contributed by atoms with Gasteiger partial charge in [-0.2, -0.15) is 0 Å². The first-order valence-corrected chi connectivity index (χ1v) is 8.48. The average Bonchev–Trinajstić information content (AvgIpc) is 2.49. The Bertz CT molecular complexity index is 718. The standard InChI is InChI=1S/C15H17ClN2O3S/c1-21-10-9-17-13-5-7-14(8-6-13)18-22(19,20)15-4-2-3-12(16)11-15/h2-8,11,17-18H,9-10H2,1H3. The summed E-state index contributed by atoms with van der Waals surface area (Å²) in [6.45, 7) is 1.28. The lowest BCUT2D eigenvalue weighted by Crippen LogP contribution is -2.13. The molecule has 5 nitrogen and oxygen atoms in total. The molecule has 0 aliphatic carbocycles. The maximum Gasteiger partial charge on any atom is 0.261 e. The number of methoxy groups -OCH3 is 1. The Labute approximate surface area is 135 Å². The minimum atomic E-state index is -3.64. The van der Waals surface area contributed by atoms with Gasteiger partial charge >= 0.3 is 0 Å². The first-order valence-electron chi connectivity index (χ1n) is 6.62. The zero-order chi connectivity index (χ0) is 16.0. The highest BCUT2D eigenvalue weighted by atomic mass is 35.5. The number of benzene rings is 2. The first kappa shape index (κ1) is 16.6. The van der Waals surface area contributed by atoms with Crippen molar-refractivity contribution in [2.75, 3.05) is 30.3 Å². The minimum Gasteiger partial charge on any atom is -0.383 e. The van der Waals surface area contributed by atoms with Gasteiger partial charge in [0.1, 0.15) is 0 Å². The summed E-state index contributed by atoms with van der Waals surface area (Å²) in [6.07, 6.45) is 0. The Balaban J connectivity index is 2.06. The van der Waals surface area contributed by atoms with Crippen LogP contribution in [0.3, 0.4) is 0 Å². The second kappa shape index (κ2) is 7.49. The molecule has 0 bridgehead atoms. The molecular formula is C15H17ClN2O3S. The molecule has 2 aromatic rings. The van der Waals surface area contributed by atoms with Crippen LogP contribution in [0.5, 0.6) is 0 Å². The summed E-state index contributed by atoms with van der Waals surface area (Å²) in [7, 11) is -2.01. The van der Waals surface area contributed by atoms with Gasteiger partial charge in [0.2, 0.25) is 0 Å². The fraction of sp³-hybridized carbons (Fsp3) is 0.200. The highest BCUT2D eigenvalue weighted by Crippen LogP contribution is 2.20. The summed E-state index contributed by atoms with van der Waals surface area (Å²) in [5, 5.41) is 3.53. The molecule has 7 heteroatoms. The van der Waals surface area contributed by atoms with E-state index >= 15 is 0 Å². The zero-order valence-corrected chi connectivity index (χ0v) is 13.6. The van der Waals surface area contributed by atoms with Crippen molar-refractivity contribution in [2.45, 2.75) is 4.90 Å². The van der Waals surface area contributed by atoms with Crippen LogP contribution in [0.15, 0.2) is 53.4 Å². The number of halogens is 1. The summed E-state index contributed by atoms with van der Waals surface area (Å²) < 4.78 is 32.0. The highest BCUT2D eigenvalue weighted by Gasteiger charge is 2.14. The Morgan fingerprint density at radius 2 is 1.77 bits per heavy atom. The predicted molar refractivity (Wildman–Crippen MR) is 89.1 cm³/mol. The van der Waals surface area contributed by atoms with E-state index in [4.69, 9.17) is 16.3 Å². The summed E-state index contributed by atoms with van der Waals surface area (Å²) in [4.78, 5) is 0.127. The highest BCUT2D eigenvalue weighted by molar-refractivity contribution is 7.92. The second-order valence-corrected chi connectivity index (χ2v) is 6.68. The van der Waals surface area contributed by atoms with Crippen LogP contribution in [-0.4, -0.2) is 28.7 Å². The quantitative estimate of drug-likeness (QED) is 0.759. The molecule has 0 saturated carbocycles. The predicted octanol–water partition coefficient (Wildman–Crippen LogP) is 3.20. The van der Waals surface area contributed by atoms with Crippen molar-refractivity contribution < 1.29 is 13.2 Å². The van der Waals surface area contributed by atoms with E-state index in [0.717, 1.165) is 5.69 Å². The molecule has 2 N–H and O–H groups in total. The second-order valence-electron chi connectivity index (χ2n) is 4.56. The molecule has 0 aliphatic rings. The third kappa shape index (κ3) is 4.62. The molecule has 0 amide bonds. The number of anilines is 2. The van der Waals surface area contributed by atoms with Gasteiger partial charge in [-0.3, -0.25) is 4.72 Å². The van der Waals surface area contributed by atoms with Crippen molar-refractivity contribution in [3.05, 3.63) is 53.6 Å². The van der Waals surface area contributed by atoms with Gasteiger partial charge in [0.05, 0.1) is 11.5 Å². The first-order chi connectivity index (χ1) is 10.5. The molecule has 22 heavy (non-hydrogen) atoms. The van der Waals surface area contributed by atoms with Gasteiger partial charge in [-0.05, 0) is 42.5 Å². The van der Waals surface area contributed by atoms with Crippen molar-refractivity contribution in [1.29, 1.82) is 0 Å². The van der Waals surface area contributed by atoms with E-state index in [2.05, 4.69) is 10.0 Å². The third-order valence-corrected chi connectivity index (χ3v) is 4.49. The van der Waals surface area contributed by atoms with Crippen molar-refractivity contribution in [3.8, 4) is 0 Å². The van der Waals surface area contributed by atoms with E-state index in [1.807, 2.05) is 0 Å². The number of rotatable bonds is 7. The molecule has 0 aromatic heterocycles. The molecular weight excluding hydrogens is 324 g/mol. The number of hydrogen-bond donors (Lipinski definition) is 2. The van der Waals surface area contributed by atoms with Crippen molar-refractivity contribution in [3.63, 3.8) is 0 Å². The topological polar surface area (TPSA) is 67.4 Å². The van der Waals surface area contributed by atoms with Crippen LogP contribution >= 0.6 is 11.6 Å². The van der Waals surface area contributed by atoms with Gasteiger partial charge in [-0.1, -0.05) is 17.7 Å². The smallest absolute Gasteiger partial charge is 0.261 e. The lowest BCUT2D eigenvalue weighted by atomic mass is 10.3. The van der Waals surface area contributed by atoms with E-state index in [-0.39, 0.29) is 4.90 Å². The van der Waals surface area contributed by atoms with Crippen LogP contribution in [0, 0.1) is 0 Å². The zero-order valence-electron chi connectivity index (χ0n) is 12.0. The summed E-state index contributed by atoms with van der Waals surface area (Å²) >= 11 is 5.82. The number of hydrogen-bond acceptors (Lipinski definition) is 4. The Kier molecular flexibility index (Phi) is 5.65. The van der Waals surface area contributed by atoms with E-state index in [1.165, 1.54) is 12.1 Å². The van der Waals surface area contributed by atoms with Gasteiger partial charge < -0.3 is 10.1 Å². The van der Waals surface area contributed by atoms with E-state index in [0.29, 0.717) is 23.9 Å². The fourth-order valence-electron chi connectivity index (χ4n) is 1.80. The molecule has 0 radical (unpaired) electrons. The monoisotopic (exact) mass is 340 g/mol. The van der Waals surface area contributed by atoms with E-state index in [9.17, 15) is 8.42 Å². The van der Waals surface area contributed by atoms with Crippen molar-refractivity contribution >= 4 is 33.0 Å². The lowest BCUT2D eigenvalue weighted by Gasteiger charge is -2.10. The lowest BCUT2D eigenvalue weighted by molar-refractivity contribution is 0.211. The summed E-state index contributed by atoms with van der Waals surface area (Å²) in [5.74, 6) is 0. The molecule has 0 unspecified atom stereocenters. The Morgan fingerprint density at radius 3 is 2.41 bits per heavy atom. The molecule has 2 aromatic carbocycles. The number of sulfonamides is 1. The van der Waals surface area contributed by atoms with Gasteiger partial charge in [0.25, 0.3) is 10.0 Å². The van der Waals surface area contributed by atoms with E-state index in [1.54, 1.807) is 43.5 Å². The molecule has 0 aliphatic heterocycles. The minimum absolute atomic E-state index is 0.127. The number of ether oxygens (including phenoxy) is 1. The van der Waals surface area contributed by atoms with Crippen LogP contribution in [0.25, 0.3) is 0 Å². The van der Waals surface area contributed by atoms with Gasteiger partial charge in [0, 0.05) is 30.1 Å². The Morgan fingerprint density at radius 1 is 1.09 bits per heavy atom. The maximum absolute atomic E-state index is 12.2. The number of nitrogens with one attached hydrogen (secondary N) is 2. The summed E-state index contributed by atoms with van der Waals surface area (Å²) in [6, 6.07) is 13.1. The molecule has 0 saturated heterocycles. The Hall–Kier alpha value is -1.76. The van der Waals surface area contributed by atoms with Crippen LogP contribution in [0.2, 0.25) is 5.02 Å². The van der Waals surface area contributed by atoms with Crippen molar-refractivity contribution in [2.24, 2.45) is 0 Å². The van der Waals surface area contributed by atoms with Crippen LogP contribution in [-0.2, 0) is 14.8 Å². The fourth-order valence-corrected chi connectivity index (χ4v) is 3.16. The van der Waals surface area contributed by atoms with Crippen LogP contribution in [0.1, 0.15) is 0 Å². The molecule has 118 valence electrons. The normalized spacial score (nSPS) is 11.2. The van der Waals surface area contributed by atoms with Crippen LogP contribution < -0.4 is 10.0 Å². The average molecular weight is 341 g/mol. The van der Waals surface area contributed by atoms with Gasteiger partial charge in [0.15, 0.2) is 0 Å². The SMILES string of the molecule is COCCNc1ccc(NS(=O)(=O)c2cccc(Cl)c2)cc1. The largest absolute Gasteiger partial charge is 0.383 e. The van der Waals surface area contributed by atoms with Gasteiger partial charge in [-0.25, -0.2) is 8.42 Å². The molecule has 0 heterocycles.